The molecule has 128 valence electrons. The molecule has 0 spiro atoms. The molecule has 1 aromatic rings. The number of amides is 1. The summed E-state index contributed by atoms with van der Waals surface area (Å²) in [6.45, 7) is 4.08. The van der Waals surface area contributed by atoms with Crippen LogP contribution in [0.1, 0.15) is 30.6 Å². The van der Waals surface area contributed by atoms with Gasteiger partial charge < -0.3 is 10.1 Å². The molecule has 7 nitrogen and oxygen atoms in total. The van der Waals surface area contributed by atoms with E-state index in [2.05, 4.69) is 5.32 Å². The van der Waals surface area contributed by atoms with Crippen LogP contribution in [-0.2, 0) is 19.6 Å². The topological polar surface area (TPSA) is 92.8 Å². The average Bonchev–Trinajstić information content (AvgIpc) is 2.53. The van der Waals surface area contributed by atoms with E-state index in [9.17, 15) is 18.0 Å². The first-order chi connectivity index (χ1) is 10.8. The first-order valence-electron chi connectivity index (χ1n) is 7.33. The fraction of sp³-hybridized carbons (Fsp3) is 0.467. The van der Waals surface area contributed by atoms with Crippen molar-refractivity contribution in [2.24, 2.45) is 0 Å². The Balaban J connectivity index is 2.83. The summed E-state index contributed by atoms with van der Waals surface area (Å²) in [6, 6.07) is 5.41. The third-order valence-electron chi connectivity index (χ3n) is 3.01. The maximum Gasteiger partial charge on any atom is 0.338 e. The zero-order valence-electron chi connectivity index (χ0n) is 13.5. The lowest BCUT2D eigenvalue weighted by atomic mass is 10.2. The molecular formula is C15H22N2O5S. The number of carbonyl (C=O) groups excluding carboxylic acids is 2. The number of benzene rings is 1. The van der Waals surface area contributed by atoms with Crippen LogP contribution in [0.5, 0.6) is 0 Å². The van der Waals surface area contributed by atoms with Gasteiger partial charge >= 0.3 is 5.97 Å². The van der Waals surface area contributed by atoms with Crippen LogP contribution in [0.25, 0.3) is 0 Å². The largest absolute Gasteiger partial charge is 0.462 e. The number of esters is 1. The van der Waals surface area contributed by atoms with Gasteiger partial charge in [0, 0.05) is 13.6 Å². The van der Waals surface area contributed by atoms with Crippen molar-refractivity contribution in [3.8, 4) is 0 Å². The van der Waals surface area contributed by atoms with Gasteiger partial charge in [-0.3, -0.25) is 4.79 Å². The van der Waals surface area contributed by atoms with Gasteiger partial charge in [-0.15, -0.1) is 0 Å². The minimum absolute atomic E-state index is 0.0105. The molecule has 0 heterocycles. The number of nitrogens with zero attached hydrogens (tertiary/aromatic N) is 1. The van der Waals surface area contributed by atoms with Gasteiger partial charge in [-0.05, 0) is 37.6 Å². The van der Waals surface area contributed by atoms with Crippen LogP contribution in [0, 0.1) is 0 Å². The maximum absolute atomic E-state index is 12.4. The molecule has 0 radical (unpaired) electrons. The summed E-state index contributed by atoms with van der Waals surface area (Å²) in [4.78, 5) is 23.2. The molecule has 0 aliphatic rings. The highest BCUT2D eigenvalue weighted by Crippen LogP contribution is 2.15. The lowest BCUT2D eigenvalue weighted by Gasteiger charge is -2.17. The van der Waals surface area contributed by atoms with Crippen LogP contribution in [0.3, 0.4) is 0 Å². The summed E-state index contributed by atoms with van der Waals surface area (Å²) in [5.41, 5.74) is 0.272. The molecule has 1 aromatic carbocycles. The molecule has 0 aliphatic heterocycles. The summed E-state index contributed by atoms with van der Waals surface area (Å²) >= 11 is 0. The van der Waals surface area contributed by atoms with Gasteiger partial charge in [0.15, 0.2) is 0 Å². The highest BCUT2D eigenvalue weighted by molar-refractivity contribution is 7.89. The lowest BCUT2D eigenvalue weighted by molar-refractivity contribution is -0.121. The SMILES string of the molecule is CCCNC(=O)CN(C)S(=O)(=O)c1ccc(C(=O)OCC)cc1. The van der Waals surface area contributed by atoms with Crippen molar-refractivity contribution < 1.29 is 22.7 Å². The minimum atomic E-state index is -3.79. The number of carbonyl (C=O) groups is 2. The van der Waals surface area contributed by atoms with E-state index in [4.69, 9.17) is 4.74 Å². The van der Waals surface area contributed by atoms with Gasteiger partial charge in [-0.1, -0.05) is 6.92 Å². The average molecular weight is 342 g/mol. The first-order valence-corrected chi connectivity index (χ1v) is 8.77. The summed E-state index contributed by atoms with van der Waals surface area (Å²) in [6.07, 6.45) is 0.775. The first kappa shape index (κ1) is 19.1. The predicted molar refractivity (Wildman–Crippen MR) is 85.5 cm³/mol. The van der Waals surface area contributed by atoms with Crippen molar-refractivity contribution >= 4 is 21.9 Å². The molecule has 0 atom stereocenters. The highest BCUT2D eigenvalue weighted by atomic mass is 32.2. The van der Waals surface area contributed by atoms with E-state index >= 15 is 0 Å². The van der Waals surface area contributed by atoms with Crippen molar-refractivity contribution in [3.05, 3.63) is 29.8 Å². The second kappa shape index (κ2) is 8.64. The van der Waals surface area contributed by atoms with E-state index in [1.807, 2.05) is 6.92 Å². The molecule has 23 heavy (non-hydrogen) atoms. The highest BCUT2D eigenvalue weighted by Gasteiger charge is 2.23. The van der Waals surface area contributed by atoms with Crippen LogP contribution in [0.2, 0.25) is 0 Å². The Morgan fingerprint density at radius 3 is 2.30 bits per heavy atom. The number of rotatable bonds is 8. The molecule has 0 aliphatic carbocycles. The summed E-state index contributed by atoms with van der Waals surface area (Å²) in [5, 5.41) is 2.62. The van der Waals surface area contributed by atoms with Crippen LogP contribution >= 0.6 is 0 Å². The Labute approximate surface area is 136 Å². The van der Waals surface area contributed by atoms with E-state index in [1.165, 1.54) is 31.3 Å². The molecular weight excluding hydrogens is 320 g/mol. The van der Waals surface area contributed by atoms with Crippen molar-refractivity contribution in [1.82, 2.24) is 9.62 Å². The number of nitrogens with one attached hydrogen (secondary N) is 1. The van der Waals surface area contributed by atoms with Crippen molar-refractivity contribution in [1.29, 1.82) is 0 Å². The Hall–Kier alpha value is -1.93. The van der Waals surface area contributed by atoms with Crippen LogP contribution in [0.15, 0.2) is 29.2 Å². The third kappa shape index (κ3) is 5.33. The summed E-state index contributed by atoms with van der Waals surface area (Å²) in [7, 11) is -2.46. The second-order valence-corrected chi connectivity index (χ2v) is 6.90. The van der Waals surface area contributed by atoms with E-state index in [-0.39, 0.29) is 29.5 Å². The molecule has 0 saturated carbocycles. The molecule has 0 fully saturated rings. The molecule has 1 amide bonds. The third-order valence-corrected chi connectivity index (χ3v) is 4.83. The van der Waals surface area contributed by atoms with Crippen LogP contribution in [-0.4, -0.2) is 51.3 Å². The van der Waals surface area contributed by atoms with Gasteiger partial charge in [0.25, 0.3) is 0 Å². The fourth-order valence-electron chi connectivity index (χ4n) is 1.76. The Kier molecular flexibility index (Phi) is 7.18. The Bertz CT molecular complexity index is 640. The quantitative estimate of drug-likeness (QED) is 0.712. The maximum atomic E-state index is 12.4. The van der Waals surface area contributed by atoms with E-state index in [0.29, 0.717) is 6.54 Å². The van der Waals surface area contributed by atoms with Crippen molar-refractivity contribution in [2.45, 2.75) is 25.2 Å². The van der Waals surface area contributed by atoms with Gasteiger partial charge in [0.2, 0.25) is 15.9 Å². The molecule has 0 unspecified atom stereocenters. The minimum Gasteiger partial charge on any atom is -0.462 e. The monoisotopic (exact) mass is 342 g/mol. The number of hydrogen-bond acceptors (Lipinski definition) is 5. The van der Waals surface area contributed by atoms with Gasteiger partial charge in [-0.2, -0.15) is 4.31 Å². The molecule has 8 heteroatoms. The number of sulfonamides is 1. The number of ether oxygens (including phenoxy) is 1. The second-order valence-electron chi connectivity index (χ2n) is 4.86. The zero-order chi connectivity index (χ0) is 17.5. The summed E-state index contributed by atoms with van der Waals surface area (Å²) in [5.74, 6) is -0.871. The fourth-order valence-corrected chi connectivity index (χ4v) is 2.89. The van der Waals surface area contributed by atoms with E-state index < -0.39 is 16.0 Å². The van der Waals surface area contributed by atoms with Crippen LogP contribution < -0.4 is 5.32 Å². The molecule has 1 rings (SSSR count). The Morgan fingerprint density at radius 2 is 1.78 bits per heavy atom. The van der Waals surface area contributed by atoms with Crippen molar-refractivity contribution in [3.63, 3.8) is 0 Å². The normalized spacial score (nSPS) is 11.3. The number of hydrogen-bond donors (Lipinski definition) is 1. The zero-order valence-corrected chi connectivity index (χ0v) is 14.4. The summed E-state index contributed by atoms with van der Waals surface area (Å²) < 4.78 is 30.6. The predicted octanol–water partition coefficient (Wildman–Crippen LogP) is 1.01. The smallest absolute Gasteiger partial charge is 0.338 e. The number of likely N-dealkylation sites (N-methyl/N-ethyl adjacent to an activating group) is 1. The molecule has 0 aromatic heterocycles. The van der Waals surface area contributed by atoms with Gasteiger partial charge in [-0.25, -0.2) is 13.2 Å². The van der Waals surface area contributed by atoms with E-state index in [1.54, 1.807) is 6.92 Å². The van der Waals surface area contributed by atoms with Gasteiger partial charge in [0.1, 0.15) is 0 Å². The molecule has 1 N–H and O–H groups in total. The van der Waals surface area contributed by atoms with E-state index in [0.717, 1.165) is 10.7 Å². The molecule has 0 saturated heterocycles. The van der Waals surface area contributed by atoms with Crippen LogP contribution in [0.4, 0.5) is 0 Å². The Morgan fingerprint density at radius 1 is 1.17 bits per heavy atom. The van der Waals surface area contributed by atoms with Gasteiger partial charge in [0.05, 0.1) is 23.6 Å². The standard InChI is InChI=1S/C15H22N2O5S/c1-4-10-16-14(18)11-17(3)23(20,21)13-8-6-12(7-9-13)15(19)22-5-2/h6-9H,4-5,10-11H2,1-3H3,(H,16,18). The van der Waals surface area contributed by atoms with Crippen molar-refractivity contribution in [2.75, 3.05) is 26.7 Å². The molecule has 0 bridgehead atoms. The lowest BCUT2D eigenvalue weighted by Crippen LogP contribution is -2.38.